The number of aryl methyl sites for hydroxylation is 2. The average molecular weight is 362 g/mol. The van der Waals surface area contributed by atoms with Crippen LogP contribution in [0.25, 0.3) is 10.6 Å². The van der Waals surface area contributed by atoms with E-state index in [9.17, 15) is 9.90 Å². The fraction of sp³-hybridized carbons (Fsp3) is 0.474. The van der Waals surface area contributed by atoms with Crippen LogP contribution >= 0.6 is 22.9 Å². The fourth-order valence-electron chi connectivity index (χ4n) is 4.17. The molecule has 2 aromatic rings. The number of nitrogens with zero attached hydrogens (tertiary/aromatic N) is 1. The van der Waals surface area contributed by atoms with Gasteiger partial charge in [0.25, 0.3) is 0 Å². The first kappa shape index (κ1) is 16.2. The molecule has 126 valence electrons. The first-order valence-corrected chi connectivity index (χ1v) is 9.60. The second kappa shape index (κ2) is 5.94. The number of aliphatic hydroxyl groups is 1. The Labute approximate surface area is 150 Å². The lowest BCUT2D eigenvalue weighted by molar-refractivity contribution is -0.130. The maximum absolute atomic E-state index is 12.8. The third-order valence-corrected chi connectivity index (χ3v) is 7.00. The Morgan fingerprint density at radius 3 is 2.83 bits per heavy atom. The zero-order chi connectivity index (χ0) is 17.0. The van der Waals surface area contributed by atoms with Gasteiger partial charge >= 0.3 is 0 Å². The van der Waals surface area contributed by atoms with E-state index in [0.29, 0.717) is 0 Å². The second-order valence-corrected chi connectivity index (χ2v) is 8.68. The summed E-state index contributed by atoms with van der Waals surface area (Å²) in [7, 11) is 0. The van der Waals surface area contributed by atoms with Crippen LogP contribution in [-0.2, 0) is 4.79 Å². The third kappa shape index (κ3) is 2.52. The van der Waals surface area contributed by atoms with Gasteiger partial charge in [-0.1, -0.05) is 17.7 Å². The molecule has 0 radical (unpaired) electrons. The van der Waals surface area contributed by atoms with E-state index in [4.69, 9.17) is 16.6 Å². The summed E-state index contributed by atoms with van der Waals surface area (Å²) < 4.78 is 0. The van der Waals surface area contributed by atoms with E-state index >= 15 is 0 Å². The van der Waals surface area contributed by atoms with Crippen molar-refractivity contribution < 1.29 is 9.90 Å². The molecule has 5 heteroatoms. The Bertz CT molecular complexity index is 816. The Morgan fingerprint density at radius 2 is 2.08 bits per heavy atom. The van der Waals surface area contributed by atoms with Gasteiger partial charge in [-0.05, 0) is 56.7 Å². The van der Waals surface area contributed by atoms with Gasteiger partial charge in [-0.2, -0.15) is 0 Å². The van der Waals surface area contributed by atoms with Gasteiger partial charge in [0, 0.05) is 21.4 Å². The molecule has 1 N–H and O–H groups in total. The molecule has 4 atom stereocenters. The number of halogens is 1. The molecule has 4 rings (SSSR count). The smallest absolute Gasteiger partial charge is 0.147 e. The van der Waals surface area contributed by atoms with E-state index in [1.54, 1.807) is 11.3 Å². The molecule has 2 fully saturated rings. The van der Waals surface area contributed by atoms with E-state index in [1.807, 2.05) is 32.0 Å². The third-order valence-electron chi connectivity index (χ3n) is 5.54. The summed E-state index contributed by atoms with van der Waals surface area (Å²) in [6.45, 7) is 3.97. The number of carbonyl (C=O) groups is 1. The number of thiazole rings is 1. The number of Topliss-reactive ketones (excluding diaryl/α,β-unsaturated/α-hetero) is 1. The number of aromatic nitrogens is 1. The number of fused-ring (bicyclic) bond motifs is 2. The van der Waals surface area contributed by atoms with Crippen molar-refractivity contribution in [3.63, 3.8) is 0 Å². The van der Waals surface area contributed by atoms with Crippen molar-refractivity contribution in [2.24, 2.45) is 11.8 Å². The van der Waals surface area contributed by atoms with Crippen molar-refractivity contribution in [3.8, 4) is 10.6 Å². The fourth-order valence-corrected chi connectivity index (χ4v) is 5.25. The summed E-state index contributed by atoms with van der Waals surface area (Å²) in [5.41, 5.74) is 2.80. The van der Waals surface area contributed by atoms with E-state index in [1.165, 1.54) is 0 Å². The maximum atomic E-state index is 12.8. The van der Waals surface area contributed by atoms with E-state index in [0.717, 1.165) is 51.0 Å². The predicted octanol–water partition coefficient (Wildman–Crippen LogP) is 4.52. The minimum Gasteiger partial charge on any atom is -0.392 e. The summed E-state index contributed by atoms with van der Waals surface area (Å²) in [4.78, 5) is 18.6. The Morgan fingerprint density at radius 1 is 1.29 bits per heavy atom. The first-order chi connectivity index (χ1) is 11.5. The minimum absolute atomic E-state index is 0.116. The van der Waals surface area contributed by atoms with E-state index < -0.39 is 12.0 Å². The Balaban J connectivity index is 1.73. The standard InChI is InChI=1S/C19H20ClNO2S/c1-9-7-13(5-6-14(9)20)19-21-16(10(2)24-19)15-17(22)11-3-4-12(8-11)18(15)23/h5-7,11-12,15,17,22H,3-4,8H2,1-2H3/t11-,12-,15?,17?/m1/s1. The lowest BCUT2D eigenvalue weighted by Crippen LogP contribution is -2.38. The maximum Gasteiger partial charge on any atom is 0.147 e. The number of benzene rings is 1. The predicted molar refractivity (Wildman–Crippen MR) is 96.6 cm³/mol. The van der Waals surface area contributed by atoms with Gasteiger partial charge in [0.2, 0.25) is 0 Å². The van der Waals surface area contributed by atoms with Gasteiger partial charge in [-0.15, -0.1) is 11.3 Å². The molecule has 2 aliphatic rings. The van der Waals surface area contributed by atoms with Crippen LogP contribution in [0, 0.1) is 25.7 Å². The molecule has 2 aliphatic carbocycles. The van der Waals surface area contributed by atoms with Gasteiger partial charge < -0.3 is 5.11 Å². The minimum atomic E-state index is -0.586. The van der Waals surface area contributed by atoms with Crippen LogP contribution in [0.2, 0.25) is 5.02 Å². The average Bonchev–Trinajstić information content (AvgIpc) is 3.15. The lowest BCUT2D eigenvalue weighted by Gasteiger charge is -2.31. The molecule has 2 unspecified atom stereocenters. The summed E-state index contributed by atoms with van der Waals surface area (Å²) >= 11 is 7.69. The summed E-state index contributed by atoms with van der Waals surface area (Å²) in [6.07, 6.45) is 2.14. The quantitative estimate of drug-likeness (QED) is 0.855. The number of ketones is 1. The number of rotatable bonds is 2. The second-order valence-electron chi connectivity index (χ2n) is 7.07. The zero-order valence-electron chi connectivity index (χ0n) is 13.8. The van der Waals surface area contributed by atoms with Crippen LogP contribution in [0.5, 0.6) is 0 Å². The van der Waals surface area contributed by atoms with Crippen LogP contribution in [0.4, 0.5) is 0 Å². The van der Waals surface area contributed by atoms with Crippen LogP contribution in [0.15, 0.2) is 18.2 Å². The highest BCUT2D eigenvalue weighted by atomic mass is 35.5. The molecule has 0 spiro atoms. The van der Waals surface area contributed by atoms with Crippen LogP contribution in [0.1, 0.15) is 41.3 Å². The van der Waals surface area contributed by atoms with Gasteiger partial charge in [0.15, 0.2) is 0 Å². The summed E-state index contributed by atoms with van der Waals surface area (Å²) in [5, 5.41) is 12.3. The van der Waals surface area contributed by atoms with Crippen LogP contribution in [0.3, 0.4) is 0 Å². The summed E-state index contributed by atoms with van der Waals surface area (Å²) in [6, 6.07) is 5.86. The number of hydrogen-bond acceptors (Lipinski definition) is 4. The molecule has 0 amide bonds. The highest BCUT2D eigenvalue weighted by Crippen LogP contribution is 2.47. The molecule has 24 heavy (non-hydrogen) atoms. The SMILES string of the molecule is Cc1cc(-c2nc(C3C(=O)[C@@H]4CC[C@H](C4)C3O)c(C)s2)ccc1Cl. The molecule has 1 aromatic heterocycles. The highest BCUT2D eigenvalue weighted by molar-refractivity contribution is 7.15. The van der Waals surface area contributed by atoms with Crippen LogP contribution in [-0.4, -0.2) is 22.0 Å². The van der Waals surface area contributed by atoms with Crippen molar-refractivity contribution in [2.75, 3.05) is 0 Å². The molecule has 0 aliphatic heterocycles. The van der Waals surface area contributed by atoms with Crippen LogP contribution < -0.4 is 0 Å². The van der Waals surface area contributed by atoms with E-state index in [2.05, 4.69) is 0 Å². The molecular formula is C19H20ClNO2S. The van der Waals surface area contributed by atoms with Crippen molar-refractivity contribution in [2.45, 2.75) is 45.1 Å². The molecule has 2 saturated carbocycles. The van der Waals surface area contributed by atoms with Crippen molar-refractivity contribution in [3.05, 3.63) is 39.4 Å². The monoisotopic (exact) mass is 361 g/mol. The molecule has 3 nitrogen and oxygen atoms in total. The Hall–Kier alpha value is -1.23. The van der Waals surface area contributed by atoms with Gasteiger partial charge in [-0.25, -0.2) is 4.98 Å². The topological polar surface area (TPSA) is 50.2 Å². The van der Waals surface area contributed by atoms with Gasteiger partial charge in [0.1, 0.15) is 10.8 Å². The molecule has 1 heterocycles. The van der Waals surface area contributed by atoms with Crippen molar-refractivity contribution >= 4 is 28.7 Å². The Kier molecular flexibility index (Phi) is 4.02. The van der Waals surface area contributed by atoms with E-state index in [-0.39, 0.29) is 17.6 Å². The molecule has 0 saturated heterocycles. The highest BCUT2D eigenvalue weighted by Gasteiger charge is 2.48. The largest absolute Gasteiger partial charge is 0.392 e. The normalized spacial score (nSPS) is 29.2. The molecular weight excluding hydrogens is 342 g/mol. The number of hydrogen-bond donors (Lipinski definition) is 1. The van der Waals surface area contributed by atoms with Crippen molar-refractivity contribution in [1.82, 2.24) is 4.98 Å². The molecule has 1 aromatic carbocycles. The van der Waals surface area contributed by atoms with Gasteiger partial charge in [-0.3, -0.25) is 4.79 Å². The van der Waals surface area contributed by atoms with Crippen molar-refractivity contribution in [1.29, 1.82) is 0 Å². The zero-order valence-corrected chi connectivity index (χ0v) is 15.3. The van der Waals surface area contributed by atoms with Gasteiger partial charge in [0.05, 0.1) is 17.7 Å². The number of aliphatic hydroxyl groups excluding tert-OH is 1. The lowest BCUT2D eigenvalue weighted by atomic mass is 9.76. The first-order valence-electron chi connectivity index (χ1n) is 8.41. The number of carbonyl (C=O) groups excluding carboxylic acids is 1. The molecule has 2 bridgehead atoms. The summed E-state index contributed by atoms with van der Waals surface area (Å²) in [5.74, 6) is 0.101.